The lowest BCUT2D eigenvalue weighted by molar-refractivity contribution is 0.0530. The number of hydrogen-bond donors (Lipinski definition) is 2. The van der Waals surface area contributed by atoms with Gasteiger partial charge in [0.1, 0.15) is 16.0 Å². The van der Waals surface area contributed by atoms with Crippen LogP contribution in [0, 0.1) is 0 Å². The lowest BCUT2D eigenvalue weighted by Crippen LogP contribution is -2.42. The summed E-state index contributed by atoms with van der Waals surface area (Å²) >= 11 is 11.8. The molecule has 92 valence electrons. The summed E-state index contributed by atoms with van der Waals surface area (Å²) in [5, 5.41) is 14.3. The highest BCUT2D eigenvalue weighted by molar-refractivity contribution is 6.45. The van der Waals surface area contributed by atoms with E-state index < -0.39 is 10.4 Å². The van der Waals surface area contributed by atoms with Gasteiger partial charge in [-0.2, -0.15) is 0 Å². The zero-order chi connectivity index (χ0) is 12.5. The van der Waals surface area contributed by atoms with Crippen LogP contribution < -0.4 is 5.32 Å². The van der Waals surface area contributed by atoms with Crippen molar-refractivity contribution in [3.8, 4) is 0 Å². The lowest BCUT2D eigenvalue weighted by atomic mass is 9.94. The van der Waals surface area contributed by atoms with E-state index in [1.54, 1.807) is 25.4 Å². The quantitative estimate of drug-likeness (QED) is 0.842. The Morgan fingerprint density at radius 1 is 1.41 bits per heavy atom. The monoisotopic (exact) mass is 273 g/mol. The molecule has 2 aromatic rings. The molecule has 1 unspecified atom stereocenters. The maximum absolute atomic E-state index is 10.5. The number of furan rings is 1. The summed E-state index contributed by atoms with van der Waals surface area (Å²) in [6.07, 6.45) is 1.60. The number of likely N-dealkylation sites (N-methyl/N-ethyl adjacent to an activating group) is 1. The summed E-state index contributed by atoms with van der Waals surface area (Å²) in [4.78, 5) is -0.917. The summed E-state index contributed by atoms with van der Waals surface area (Å²) < 4.78 is 5.24. The summed E-state index contributed by atoms with van der Waals surface area (Å²) in [6.45, 7) is 0.272. The molecule has 1 aromatic heterocycles. The van der Waals surface area contributed by atoms with Crippen LogP contribution in [0.1, 0.15) is 5.56 Å². The van der Waals surface area contributed by atoms with Crippen molar-refractivity contribution in [3.63, 3.8) is 0 Å². The molecule has 0 bridgehead atoms. The van der Waals surface area contributed by atoms with Gasteiger partial charge in [-0.25, -0.2) is 0 Å². The van der Waals surface area contributed by atoms with Crippen LogP contribution in [0.2, 0.25) is 0 Å². The Labute approximate surface area is 109 Å². The fourth-order valence-corrected chi connectivity index (χ4v) is 2.22. The van der Waals surface area contributed by atoms with Crippen LogP contribution in [0.4, 0.5) is 0 Å². The van der Waals surface area contributed by atoms with E-state index in [4.69, 9.17) is 27.6 Å². The first-order chi connectivity index (χ1) is 8.08. The number of nitrogens with one attached hydrogen (secondary N) is 1. The van der Waals surface area contributed by atoms with Crippen molar-refractivity contribution in [1.82, 2.24) is 5.32 Å². The average molecular weight is 274 g/mol. The largest absolute Gasteiger partial charge is 0.464 e. The van der Waals surface area contributed by atoms with Gasteiger partial charge in [-0.05, 0) is 30.8 Å². The van der Waals surface area contributed by atoms with Crippen LogP contribution in [-0.4, -0.2) is 23.5 Å². The first-order valence-corrected chi connectivity index (χ1v) is 6.08. The molecule has 0 spiro atoms. The summed E-state index contributed by atoms with van der Waals surface area (Å²) in [7, 11) is 1.73. The Hall–Kier alpha value is -0.740. The molecule has 3 nitrogen and oxygen atoms in total. The van der Waals surface area contributed by atoms with Crippen LogP contribution >= 0.6 is 23.2 Å². The first-order valence-electron chi connectivity index (χ1n) is 5.21. The van der Waals surface area contributed by atoms with Gasteiger partial charge in [-0.1, -0.05) is 6.07 Å². The van der Waals surface area contributed by atoms with E-state index in [0.29, 0.717) is 5.56 Å². The van der Waals surface area contributed by atoms with Crippen LogP contribution in [-0.2, 0) is 5.60 Å². The van der Waals surface area contributed by atoms with Gasteiger partial charge in [0.15, 0.2) is 0 Å². The Balaban J connectivity index is 2.48. The molecule has 0 aliphatic heterocycles. The van der Waals surface area contributed by atoms with Gasteiger partial charge in [0.2, 0.25) is 0 Å². The third-order valence-corrected chi connectivity index (χ3v) is 3.48. The summed E-state index contributed by atoms with van der Waals surface area (Å²) in [5.41, 5.74) is 0.112. The predicted molar refractivity (Wildman–Crippen MR) is 69.5 cm³/mol. The van der Waals surface area contributed by atoms with E-state index in [1.165, 1.54) is 0 Å². The van der Waals surface area contributed by atoms with Crippen molar-refractivity contribution in [2.75, 3.05) is 13.6 Å². The van der Waals surface area contributed by atoms with Crippen molar-refractivity contribution in [2.45, 2.75) is 10.4 Å². The molecule has 1 atom stereocenters. The molecule has 0 saturated heterocycles. The third kappa shape index (κ3) is 2.29. The predicted octanol–water partition coefficient (Wildman–Crippen LogP) is 2.64. The number of benzene rings is 1. The molecule has 0 radical (unpaired) electrons. The number of aliphatic hydroxyl groups is 1. The number of alkyl halides is 2. The van der Waals surface area contributed by atoms with Crippen molar-refractivity contribution in [2.24, 2.45) is 0 Å². The fourth-order valence-electron chi connectivity index (χ4n) is 1.81. The second-order valence-electron chi connectivity index (χ2n) is 3.93. The number of halogens is 2. The second kappa shape index (κ2) is 4.86. The van der Waals surface area contributed by atoms with Crippen LogP contribution in [0.15, 0.2) is 34.9 Å². The smallest absolute Gasteiger partial charge is 0.141 e. The molecule has 1 aromatic carbocycles. The highest BCUT2D eigenvalue weighted by Crippen LogP contribution is 2.32. The van der Waals surface area contributed by atoms with E-state index >= 15 is 0 Å². The molecule has 0 aliphatic carbocycles. The first kappa shape index (κ1) is 12.7. The van der Waals surface area contributed by atoms with E-state index in [9.17, 15) is 5.11 Å². The minimum absolute atomic E-state index is 0.272. The Morgan fingerprint density at radius 2 is 2.18 bits per heavy atom. The lowest BCUT2D eigenvalue weighted by Gasteiger charge is -2.29. The van der Waals surface area contributed by atoms with Crippen LogP contribution in [0.5, 0.6) is 0 Å². The van der Waals surface area contributed by atoms with Gasteiger partial charge >= 0.3 is 0 Å². The van der Waals surface area contributed by atoms with Crippen LogP contribution in [0.3, 0.4) is 0 Å². The van der Waals surface area contributed by atoms with Crippen LogP contribution in [0.25, 0.3) is 11.0 Å². The zero-order valence-corrected chi connectivity index (χ0v) is 10.8. The fraction of sp³-hybridized carbons (Fsp3) is 0.333. The van der Waals surface area contributed by atoms with E-state index in [1.807, 2.05) is 12.1 Å². The van der Waals surface area contributed by atoms with Gasteiger partial charge in [0, 0.05) is 11.9 Å². The standard InChI is InChI=1S/C12H13Cl2NO2/c1-15-7-12(16,11(13)14)9-2-3-10-8(6-9)4-5-17-10/h2-6,11,15-16H,7H2,1H3. The summed E-state index contributed by atoms with van der Waals surface area (Å²) in [6, 6.07) is 7.21. The zero-order valence-electron chi connectivity index (χ0n) is 9.28. The molecule has 1 heterocycles. The third-order valence-electron chi connectivity index (χ3n) is 2.76. The molecule has 2 N–H and O–H groups in total. The maximum atomic E-state index is 10.5. The Morgan fingerprint density at radius 3 is 2.82 bits per heavy atom. The normalized spacial score (nSPS) is 15.4. The molecule has 5 heteroatoms. The minimum Gasteiger partial charge on any atom is -0.464 e. The topological polar surface area (TPSA) is 45.4 Å². The van der Waals surface area contributed by atoms with E-state index in [0.717, 1.165) is 11.0 Å². The highest BCUT2D eigenvalue weighted by atomic mass is 35.5. The van der Waals surface area contributed by atoms with Gasteiger partial charge < -0.3 is 14.8 Å². The van der Waals surface area contributed by atoms with Gasteiger partial charge in [-0.15, -0.1) is 23.2 Å². The molecular weight excluding hydrogens is 261 g/mol. The molecule has 17 heavy (non-hydrogen) atoms. The van der Waals surface area contributed by atoms with Crippen molar-refractivity contribution in [1.29, 1.82) is 0 Å². The van der Waals surface area contributed by atoms with Crippen molar-refractivity contribution >= 4 is 34.2 Å². The average Bonchev–Trinajstić information content (AvgIpc) is 2.75. The Kier molecular flexibility index (Phi) is 3.64. The second-order valence-corrected chi connectivity index (χ2v) is 5.02. The maximum Gasteiger partial charge on any atom is 0.141 e. The molecule has 0 saturated carbocycles. The molecule has 0 aliphatic rings. The molecular formula is C12H13Cl2NO2. The highest BCUT2D eigenvalue weighted by Gasteiger charge is 2.36. The van der Waals surface area contributed by atoms with Crippen molar-refractivity contribution in [3.05, 3.63) is 36.1 Å². The molecule has 0 amide bonds. The number of hydrogen-bond acceptors (Lipinski definition) is 3. The number of fused-ring (bicyclic) bond motifs is 1. The van der Waals surface area contributed by atoms with E-state index in [2.05, 4.69) is 5.32 Å². The van der Waals surface area contributed by atoms with Gasteiger partial charge in [0.05, 0.1) is 6.26 Å². The number of rotatable bonds is 4. The van der Waals surface area contributed by atoms with E-state index in [-0.39, 0.29) is 6.54 Å². The Bertz CT molecular complexity index is 512. The SMILES string of the molecule is CNCC(O)(c1ccc2occc2c1)C(Cl)Cl. The molecule has 2 rings (SSSR count). The van der Waals surface area contributed by atoms with Crippen molar-refractivity contribution < 1.29 is 9.52 Å². The van der Waals surface area contributed by atoms with Gasteiger partial charge in [-0.3, -0.25) is 0 Å². The minimum atomic E-state index is -1.32. The molecule has 0 fully saturated rings. The summed E-state index contributed by atoms with van der Waals surface area (Å²) in [5.74, 6) is 0. The van der Waals surface area contributed by atoms with Gasteiger partial charge in [0.25, 0.3) is 0 Å².